The summed E-state index contributed by atoms with van der Waals surface area (Å²) >= 11 is 3.12. The van der Waals surface area contributed by atoms with Crippen LogP contribution in [0.15, 0.2) is 4.79 Å². The molecule has 9 heteroatoms. The van der Waals surface area contributed by atoms with Crippen LogP contribution in [-0.2, 0) is 23.4 Å². The van der Waals surface area contributed by atoms with Crippen molar-refractivity contribution in [3.63, 3.8) is 0 Å². The number of unbranched alkanes of at least 4 members (excludes halogenated alkanes) is 1. The average molecular weight is 417 g/mol. The van der Waals surface area contributed by atoms with Crippen LogP contribution in [0.5, 0.6) is 0 Å². The monoisotopic (exact) mass is 416 g/mol. The van der Waals surface area contributed by atoms with Crippen molar-refractivity contribution >= 4 is 51.6 Å². The molecule has 1 aliphatic carbocycles. The van der Waals surface area contributed by atoms with Crippen LogP contribution in [0.25, 0.3) is 10.2 Å². The topological polar surface area (TPSA) is 101 Å². The molecular formula is C17H25ClN4O2S2. The van der Waals surface area contributed by atoms with E-state index < -0.39 is 0 Å². The minimum absolute atomic E-state index is 0. The molecule has 0 aromatic carbocycles. The number of thioether (sulfide) groups is 1. The van der Waals surface area contributed by atoms with Gasteiger partial charge in [-0.15, -0.1) is 35.5 Å². The molecule has 2 aromatic rings. The second kappa shape index (κ2) is 10.3. The number of thiophene rings is 1. The van der Waals surface area contributed by atoms with Gasteiger partial charge in [0, 0.05) is 11.4 Å². The lowest BCUT2D eigenvalue weighted by Crippen LogP contribution is -2.26. The molecule has 0 atom stereocenters. The number of hydrogen-bond acceptors (Lipinski definition) is 6. The first-order chi connectivity index (χ1) is 12.2. The minimum Gasteiger partial charge on any atom is -0.355 e. The number of fused-ring (bicyclic) bond motifs is 3. The van der Waals surface area contributed by atoms with Crippen molar-refractivity contribution < 1.29 is 4.79 Å². The van der Waals surface area contributed by atoms with Crippen molar-refractivity contribution in [1.82, 2.24) is 15.3 Å². The number of aromatic nitrogens is 2. The number of aromatic amines is 1. The largest absolute Gasteiger partial charge is 0.355 e. The summed E-state index contributed by atoms with van der Waals surface area (Å²) in [6, 6.07) is 0. The van der Waals surface area contributed by atoms with Gasteiger partial charge in [0.05, 0.1) is 16.9 Å². The van der Waals surface area contributed by atoms with Gasteiger partial charge in [0.2, 0.25) is 5.91 Å². The predicted molar refractivity (Wildman–Crippen MR) is 112 cm³/mol. The van der Waals surface area contributed by atoms with Crippen LogP contribution in [-0.4, -0.2) is 34.7 Å². The third-order valence-corrected chi connectivity index (χ3v) is 6.43. The van der Waals surface area contributed by atoms with Gasteiger partial charge >= 0.3 is 0 Å². The first kappa shape index (κ1) is 21.2. The van der Waals surface area contributed by atoms with Crippen molar-refractivity contribution in [1.29, 1.82) is 0 Å². The number of carbonyl (C=O) groups is 1. The molecule has 0 bridgehead atoms. The Morgan fingerprint density at radius 3 is 2.92 bits per heavy atom. The van der Waals surface area contributed by atoms with Crippen LogP contribution in [0.3, 0.4) is 0 Å². The van der Waals surface area contributed by atoms with Crippen LogP contribution in [0.4, 0.5) is 0 Å². The van der Waals surface area contributed by atoms with E-state index in [1.54, 1.807) is 11.3 Å². The van der Waals surface area contributed by atoms with Crippen LogP contribution in [0.1, 0.15) is 41.9 Å². The molecule has 0 radical (unpaired) electrons. The number of nitrogens with zero attached hydrogens (tertiary/aromatic N) is 1. The SMILES string of the molecule is Cl.NCCCCNC(=O)CSCc1nc2sc3c(c2c(=O)[nH]1)CCCC3. The molecule has 2 heterocycles. The molecule has 4 N–H and O–H groups in total. The van der Waals surface area contributed by atoms with Crippen LogP contribution in [0.2, 0.25) is 0 Å². The third kappa shape index (κ3) is 5.22. The zero-order valence-corrected chi connectivity index (χ0v) is 17.1. The quantitative estimate of drug-likeness (QED) is 0.573. The molecule has 1 aliphatic rings. The molecule has 144 valence electrons. The number of nitrogens with one attached hydrogen (secondary N) is 2. The van der Waals surface area contributed by atoms with Crippen molar-refractivity contribution in [3.05, 3.63) is 26.6 Å². The van der Waals surface area contributed by atoms with E-state index >= 15 is 0 Å². The molecule has 0 unspecified atom stereocenters. The fourth-order valence-corrected chi connectivity index (χ4v) is 5.07. The van der Waals surface area contributed by atoms with Crippen molar-refractivity contribution in [2.24, 2.45) is 5.73 Å². The van der Waals surface area contributed by atoms with Gasteiger partial charge in [-0.05, 0) is 50.6 Å². The van der Waals surface area contributed by atoms with Crippen LogP contribution >= 0.6 is 35.5 Å². The first-order valence-corrected chi connectivity index (χ1v) is 10.7. The molecule has 0 aliphatic heterocycles. The molecule has 26 heavy (non-hydrogen) atoms. The van der Waals surface area contributed by atoms with E-state index in [4.69, 9.17) is 5.73 Å². The Morgan fingerprint density at radius 1 is 1.31 bits per heavy atom. The zero-order chi connectivity index (χ0) is 17.6. The number of nitrogens with two attached hydrogens (primary N) is 1. The molecule has 1 amide bonds. The summed E-state index contributed by atoms with van der Waals surface area (Å²) in [4.78, 5) is 33.9. The lowest BCUT2D eigenvalue weighted by Gasteiger charge is -2.09. The lowest BCUT2D eigenvalue weighted by molar-refractivity contribution is -0.118. The van der Waals surface area contributed by atoms with Gasteiger partial charge in [0.15, 0.2) is 0 Å². The highest BCUT2D eigenvalue weighted by molar-refractivity contribution is 7.99. The maximum atomic E-state index is 12.4. The molecule has 3 rings (SSSR count). The second-order valence-corrected chi connectivity index (χ2v) is 8.31. The molecule has 6 nitrogen and oxygen atoms in total. The number of H-pyrrole nitrogens is 1. The normalized spacial score (nSPS) is 13.3. The number of rotatable bonds is 8. The smallest absolute Gasteiger partial charge is 0.259 e. The summed E-state index contributed by atoms with van der Waals surface area (Å²) in [6.45, 7) is 1.32. The average Bonchev–Trinajstić information content (AvgIpc) is 2.97. The molecular weight excluding hydrogens is 392 g/mol. The molecule has 0 saturated carbocycles. The van der Waals surface area contributed by atoms with Gasteiger partial charge in [-0.25, -0.2) is 4.98 Å². The summed E-state index contributed by atoms with van der Waals surface area (Å²) in [5, 5.41) is 3.66. The van der Waals surface area contributed by atoms with E-state index in [9.17, 15) is 9.59 Å². The number of aryl methyl sites for hydroxylation is 2. The van der Waals surface area contributed by atoms with E-state index in [1.165, 1.54) is 28.6 Å². The zero-order valence-electron chi connectivity index (χ0n) is 14.6. The Bertz CT molecular complexity index is 806. The van der Waals surface area contributed by atoms with Crippen molar-refractivity contribution in [2.75, 3.05) is 18.8 Å². The van der Waals surface area contributed by atoms with E-state index in [0.717, 1.165) is 42.3 Å². The lowest BCUT2D eigenvalue weighted by atomic mass is 9.97. The van der Waals surface area contributed by atoms with Crippen LogP contribution < -0.4 is 16.6 Å². The van der Waals surface area contributed by atoms with Crippen molar-refractivity contribution in [2.45, 2.75) is 44.3 Å². The maximum Gasteiger partial charge on any atom is 0.259 e. The summed E-state index contributed by atoms with van der Waals surface area (Å²) in [7, 11) is 0. The van der Waals surface area contributed by atoms with Gasteiger partial charge < -0.3 is 16.0 Å². The van der Waals surface area contributed by atoms with Crippen molar-refractivity contribution in [3.8, 4) is 0 Å². The Hall–Kier alpha value is -1.09. The molecule has 0 spiro atoms. The standard InChI is InChI=1S/C17H24N4O2S2.ClH/c18-7-3-4-8-19-14(22)10-24-9-13-20-16(23)15-11-5-1-2-6-12(11)25-17(15)21-13;/h1-10,18H2,(H,19,22)(H,20,21,23);1H. The second-order valence-electron chi connectivity index (χ2n) is 6.24. The Kier molecular flexibility index (Phi) is 8.40. The predicted octanol–water partition coefficient (Wildman–Crippen LogP) is 2.37. The fourth-order valence-electron chi connectivity index (χ4n) is 3.07. The molecule has 0 fully saturated rings. The molecule has 0 saturated heterocycles. The summed E-state index contributed by atoms with van der Waals surface area (Å²) in [6.07, 6.45) is 6.21. The number of halogens is 1. The van der Waals surface area contributed by atoms with Gasteiger partial charge in [0.1, 0.15) is 10.7 Å². The van der Waals surface area contributed by atoms with Gasteiger partial charge in [-0.1, -0.05) is 0 Å². The van der Waals surface area contributed by atoms with E-state index in [-0.39, 0.29) is 23.9 Å². The number of carbonyl (C=O) groups excluding carboxylic acids is 1. The highest BCUT2D eigenvalue weighted by atomic mass is 35.5. The third-order valence-electron chi connectivity index (χ3n) is 4.30. The highest BCUT2D eigenvalue weighted by Crippen LogP contribution is 2.33. The summed E-state index contributed by atoms with van der Waals surface area (Å²) in [5.74, 6) is 1.56. The Morgan fingerprint density at radius 2 is 2.12 bits per heavy atom. The number of amides is 1. The van der Waals surface area contributed by atoms with Gasteiger partial charge in [0.25, 0.3) is 5.56 Å². The first-order valence-electron chi connectivity index (χ1n) is 8.77. The van der Waals surface area contributed by atoms with Crippen LogP contribution in [0, 0.1) is 0 Å². The summed E-state index contributed by atoms with van der Waals surface area (Å²) in [5.41, 5.74) is 6.59. The maximum absolute atomic E-state index is 12.4. The van der Waals surface area contributed by atoms with Gasteiger partial charge in [-0.3, -0.25) is 9.59 Å². The van der Waals surface area contributed by atoms with E-state index in [1.807, 2.05) is 0 Å². The van der Waals surface area contributed by atoms with Gasteiger partial charge in [-0.2, -0.15) is 0 Å². The minimum atomic E-state index is -0.0359. The van der Waals surface area contributed by atoms with E-state index in [2.05, 4.69) is 15.3 Å². The Labute approximate surface area is 167 Å². The molecule has 2 aromatic heterocycles. The number of hydrogen-bond donors (Lipinski definition) is 3. The fraction of sp³-hybridized carbons (Fsp3) is 0.588. The van der Waals surface area contributed by atoms with E-state index in [0.29, 0.717) is 30.4 Å². The Balaban J connectivity index is 0.00000243. The highest BCUT2D eigenvalue weighted by Gasteiger charge is 2.19. The summed E-state index contributed by atoms with van der Waals surface area (Å²) < 4.78 is 0.